The van der Waals surface area contributed by atoms with Gasteiger partial charge in [0.2, 0.25) is 5.91 Å². The molecule has 0 spiro atoms. The number of ether oxygens (including phenoxy) is 4. The highest BCUT2D eigenvalue weighted by Gasteiger charge is 2.48. The number of piperazine rings is 1. The van der Waals surface area contributed by atoms with Gasteiger partial charge in [-0.1, -0.05) is 66.7 Å². The maximum atomic E-state index is 14.1. The van der Waals surface area contributed by atoms with Crippen LogP contribution in [0.4, 0.5) is 0 Å². The van der Waals surface area contributed by atoms with E-state index < -0.39 is 12.2 Å². The van der Waals surface area contributed by atoms with Gasteiger partial charge in [-0.25, -0.2) is 4.90 Å². The minimum atomic E-state index is -1.18. The largest absolute Gasteiger partial charge is 0.496 e. The highest BCUT2D eigenvalue weighted by molar-refractivity contribution is 5.83. The lowest BCUT2D eigenvalue weighted by atomic mass is 9.83. The quantitative estimate of drug-likeness (QED) is 0.172. The molecule has 45 heavy (non-hydrogen) atoms. The molecular formula is C35H37N3O7. The van der Waals surface area contributed by atoms with E-state index in [9.17, 15) is 14.9 Å². The Morgan fingerprint density at radius 3 is 2.29 bits per heavy atom. The first-order valence-corrected chi connectivity index (χ1v) is 15.0. The number of carbonyl (C=O) groups is 1. The van der Waals surface area contributed by atoms with Crippen molar-refractivity contribution < 1.29 is 28.7 Å². The predicted molar refractivity (Wildman–Crippen MR) is 169 cm³/mol. The van der Waals surface area contributed by atoms with Crippen LogP contribution in [0.15, 0.2) is 72.8 Å². The molecule has 3 atom stereocenters. The third-order valence-electron chi connectivity index (χ3n) is 8.92. The van der Waals surface area contributed by atoms with Crippen molar-refractivity contribution in [2.45, 2.75) is 38.2 Å². The molecule has 1 saturated heterocycles. The van der Waals surface area contributed by atoms with Crippen LogP contribution in [0.3, 0.4) is 0 Å². The fraction of sp³-hybridized carbons (Fsp3) is 0.343. The highest BCUT2D eigenvalue weighted by atomic mass is 16.6. The molecule has 6 rings (SSSR count). The number of nitrogens with zero attached hydrogens (tertiary/aromatic N) is 3. The Bertz CT molecular complexity index is 1730. The Balaban J connectivity index is 1.40. The van der Waals surface area contributed by atoms with Crippen LogP contribution in [-0.4, -0.2) is 67.7 Å². The topological polar surface area (TPSA) is 104 Å². The summed E-state index contributed by atoms with van der Waals surface area (Å²) in [5.74, 6) is 1.52. The first kappa shape index (κ1) is 30.4. The predicted octanol–water partition coefficient (Wildman–Crippen LogP) is 5.48. The van der Waals surface area contributed by atoms with Crippen molar-refractivity contribution >= 4 is 16.7 Å². The molecule has 0 N–H and O–H groups in total. The van der Waals surface area contributed by atoms with Gasteiger partial charge in [-0.05, 0) is 35.7 Å². The van der Waals surface area contributed by atoms with E-state index in [0.717, 1.165) is 33.0 Å². The van der Waals surface area contributed by atoms with E-state index in [1.54, 1.807) is 32.3 Å². The van der Waals surface area contributed by atoms with Gasteiger partial charge in [0.05, 0.1) is 47.1 Å². The molecule has 0 aliphatic carbocycles. The summed E-state index contributed by atoms with van der Waals surface area (Å²) in [5, 5.41) is 14.5. The third-order valence-corrected chi connectivity index (χ3v) is 8.92. The van der Waals surface area contributed by atoms with Gasteiger partial charge < -0.3 is 23.8 Å². The second kappa shape index (κ2) is 12.7. The molecule has 10 nitrogen and oxygen atoms in total. The van der Waals surface area contributed by atoms with Gasteiger partial charge in [0.1, 0.15) is 5.75 Å². The number of methoxy groups -OCH3 is 3. The SMILES string of the molecule is COc1c(C)c(OC)c(OC)c2c1C[C@H]1CN(C(c3ccc4ccccc4c3)[N+](=O)[O-])CC(=O)N1[C@H]2COCc1ccccc1. The minimum Gasteiger partial charge on any atom is -0.496 e. The average molecular weight is 612 g/mol. The molecule has 4 aromatic rings. The van der Waals surface area contributed by atoms with E-state index in [2.05, 4.69) is 0 Å². The maximum absolute atomic E-state index is 14.1. The zero-order valence-corrected chi connectivity index (χ0v) is 25.9. The van der Waals surface area contributed by atoms with Crippen molar-refractivity contribution in [2.24, 2.45) is 0 Å². The third kappa shape index (κ3) is 5.55. The Kier molecular flexibility index (Phi) is 8.60. The summed E-state index contributed by atoms with van der Waals surface area (Å²) in [4.78, 5) is 30.0. The Morgan fingerprint density at radius 2 is 1.60 bits per heavy atom. The summed E-state index contributed by atoms with van der Waals surface area (Å²) < 4.78 is 23.9. The van der Waals surface area contributed by atoms with Crippen molar-refractivity contribution in [3.8, 4) is 17.2 Å². The smallest absolute Gasteiger partial charge is 0.294 e. The van der Waals surface area contributed by atoms with Crippen LogP contribution < -0.4 is 14.2 Å². The molecule has 2 heterocycles. The van der Waals surface area contributed by atoms with Gasteiger partial charge >= 0.3 is 0 Å². The van der Waals surface area contributed by atoms with Crippen LogP contribution >= 0.6 is 0 Å². The van der Waals surface area contributed by atoms with Gasteiger partial charge in [0.25, 0.3) is 6.17 Å². The van der Waals surface area contributed by atoms with E-state index in [4.69, 9.17) is 18.9 Å². The summed E-state index contributed by atoms with van der Waals surface area (Å²) in [6.45, 7) is 2.66. The molecule has 1 fully saturated rings. The molecule has 1 amide bonds. The number of nitro groups is 1. The molecule has 2 aliphatic rings. The van der Waals surface area contributed by atoms with Crippen LogP contribution in [-0.2, 0) is 22.6 Å². The van der Waals surface area contributed by atoms with Crippen molar-refractivity contribution in [2.75, 3.05) is 41.0 Å². The molecule has 0 radical (unpaired) electrons. The van der Waals surface area contributed by atoms with Crippen LogP contribution in [0.5, 0.6) is 17.2 Å². The van der Waals surface area contributed by atoms with E-state index in [1.807, 2.05) is 78.6 Å². The molecule has 0 aromatic heterocycles. The monoisotopic (exact) mass is 611 g/mol. The van der Waals surface area contributed by atoms with Crippen LogP contribution in [0, 0.1) is 17.0 Å². The maximum Gasteiger partial charge on any atom is 0.294 e. The van der Waals surface area contributed by atoms with Gasteiger partial charge in [0.15, 0.2) is 11.5 Å². The lowest BCUT2D eigenvalue weighted by Gasteiger charge is -2.49. The normalized spacial score (nSPS) is 18.7. The van der Waals surface area contributed by atoms with Gasteiger partial charge in [-0.3, -0.25) is 14.9 Å². The van der Waals surface area contributed by atoms with Crippen LogP contribution in [0.25, 0.3) is 10.8 Å². The van der Waals surface area contributed by atoms with Crippen molar-refractivity contribution in [1.29, 1.82) is 0 Å². The molecule has 234 valence electrons. The summed E-state index contributed by atoms with van der Waals surface area (Å²) in [5.41, 5.74) is 4.00. The van der Waals surface area contributed by atoms with Crippen LogP contribution in [0.2, 0.25) is 0 Å². The number of hydrogen-bond donors (Lipinski definition) is 0. The van der Waals surface area contributed by atoms with Crippen molar-refractivity contribution in [3.63, 3.8) is 0 Å². The van der Waals surface area contributed by atoms with Crippen molar-refractivity contribution in [1.82, 2.24) is 9.80 Å². The minimum absolute atomic E-state index is 0.109. The summed E-state index contributed by atoms with van der Waals surface area (Å²) >= 11 is 0. The molecule has 0 saturated carbocycles. The van der Waals surface area contributed by atoms with Gasteiger partial charge in [-0.15, -0.1) is 0 Å². The Labute approximate surface area is 262 Å². The fourth-order valence-corrected chi connectivity index (χ4v) is 7.06. The number of benzene rings is 4. The first-order valence-electron chi connectivity index (χ1n) is 15.0. The lowest BCUT2D eigenvalue weighted by Crippen LogP contribution is -2.61. The standard InChI is InChI=1S/C35H37N3O7/c1-22-32(42-2)28-17-27-18-36(35(38(40)41)26-15-14-24-12-8-9-13-25(24)16-26)19-30(39)37(27)29(31(28)34(44-4)33(22)43-3)21-45-20-23-10-6-5-7-11-23/h5-16,27,29,35H,17-21H2,1-4H3/t27-,29-,35?/m0/s1. The molecule has 1 unspecified atom stereocenters. The number of rotatable bonds is 10. The van der Waals surface area contributed by atoms with Crippen molar-refractivity contribution in [3.05, 3.63) is 111 Å². The summed E-state index contributed by atoms with van der Waals surface area (Å²) in [6, 6.07) is 22.2. The Hall–Kier alpha value is -4.67. The summed E-state index contributed by atoms with van der Waals surface area (Å²) in [7, 11) is 4.78. The molecule has 0 bridgehead atoms. The number of amides is 1. The first-order chi connectivity index (χ1) is 21.9. The molecule has 4 aromatic carbocycles. The van der Waals surface area contributed by atoms with E-state index in [0.29, 0.717) is 42.4 Å². The lowest BCUT2D eigenvalue weighted by molar-refractivity contribution is -0.558. The second-order valence-electron chi connectivity index (χ2n) is 11.5. The van der Waals surface area contributed by atoms with E-state index >= 15 is 0 Å². The highest BCUT2D eigenvalue weighted by Crippen LogP contribution is 2.51. The van der Waals surface area contributed by atoms with Gasteiger partial charge in [-0.2, -0.15) is 0 Å². The second-order valence-corrected chi connectivity index (χ2v) is 11.5. The number of fused-ring (bicyclic) bond motifs is 3. The van der Waals surface area contributed by atoms with Crippen LogP contribution in [0.1, 0.15) is 40.0 Å². The zero-order chi connectivity index (χ0) is 31.7. The molecular weight excluding hydrogens is 574 g/mol. The Morgan fingerprint density at radius 1 is 0.911 bits per heavy atom. The van der Waals surface area contributed by atoms with E-state index in [1.165, 1.54) is 0 Å². The van der Waals surface area contributed by atoms with E-state index in [-0.39, 0.29) is 30.0 Å². The fourth-order valence-electron chi connectivity index (χ4n) is 7.06. The number of hydrogen-bond acceptors (Lipinski definition) is 8. The molecule has 2 aliphatic heterocycles. The van der Waals surface area contributed by atoms with Gasteiger partial charge in [0, 0.05) is 39.8 Å². The zero-order valence-electron chi connectivity index (χ0n) is 25.9. The summed E-state index contributed by atoms with van der Waals surface area (Å²) in [6.07, 6.45) is -0.747. The molecule has 10 heteroatoms. The number of carbonyl (C=O) groups excluding carboxylic acids is 1. The average Bonchev–Trinajstić information content (AvgIpc) is 3.04.